The van der Waals surface area contributed by atoms with Crippen molar-refractivity contribution in [1.82, 2.24) is 10.2 Å². The molecule has 1 saturated carbocycles. The normalized spacial score (nSPS) is 26.5. The van der Waals surface area contributed by atoms with Crippen molar-refractivity contribution in [3.05, 3.63) is 0 Å². The van der Waals surface area contributed by atoms with Gasteiger partial charge >= 0.3 is 5.97 Å². The highest BCUT2D eigenvalue weighted by Gasteiger charge is 2.49. The smallest absolute Gasteiger partial charge is 0.311 e. The van der Waals surface area contributed by atoms with Crippen molar-refractivity contribution in [2.45, 2.75) is 58.9 Å². The van der Waals surface area contributed by atoms with Gasteiger partial charge in [-0.3, -0.25) is 14.4 Å². The van der Waals surface area contributed by atoms with Gasteiger partial charge in [-0.15, -0.1) is 0 Å². The van der Waals surface area contributed by atoms with Gasteiger partial charge in [0.1, 0.15) is 6.04 Å². The number of aliphatic carboxylic acids is 1. The average molecular weight is 324 g/mol. The van der Waals surface area contributed by atoms with E-state index in [9.17, 15) is 19.5 Å². The summed E-state index contributed by atoms with van der Waals surface area (Å²) >= 11 is 0. The van der Waals surface area contributed by atoms with Crippen molar-refractivity contribution >= 4 is 17.8 Å². The summed E-state index contributed by atoms with van der Waals surface area (Å²) in [6.07, 6.45) is 4.53. The lowest BCUT2D eigenvalue weighted by Gasteiger charge is -2.31. The summed E-state index contributed by atoms with van der Waals surface area (Å²) < 4.78 is 0. The van der Waals surface area contributed by atoms with Gasteiger partial charge in [-0.1, -0.05) is 26.7 Å². The zero-order valence-corrected chi connectivity index (χ0v) is 14.3. The fraction of sp³-hybridized carbons (Fsp3) is 0.824. The minimum atomic E-state index is -0.869. The first-order valence-electron chi connectivity index (χ1n) is 8.57. The van der Waals surface area contributed by atoms with Crippen LogP contribution in [0.5, 0.6) is 0 Å². The number of carbonyl (C=O) groups is 3. The predicted octanol–water partition coefficient (Wildman–Crippen LogP) is 1.64. The van der Waals surface area contributed by atoms with E-state index in [0.717, 1.165) is 25.7 Å². The molecule has 0 aromatic heterocycles. The summed E-state index contributed by atoms with van der Waals surface area (Å²) in [5.41, 5.74) is -0.869. The fourth-order valence-corrected chi connectivity index (χ4v) is 4.00. The Morgan fingerprint density at radius 3 is 2.26 bits per heavy atom. The standard InChI is InChI=1S/C17H28N2O4/c1-11(2)17(16(22)23)8-9-19(10-17)15(21)14(18-12(3)20)13-6-4-5-7-13/h11,13-14H,4-10H2,1-3H3,(H,18,20)(H,22,23). The van der Waals surface area contributed by atoms with Crippen LogP contribution in [0.4, 0.5) is 0 Å². The maximum absolute atomic E-state index is 12.9. The van der Waals surface area contributed by atoms with Crippen LogP contribution < -0.4 is 5.32 Å². The van der Waals surface area contributed by atoms with Crippen LogP contribution in [0.1, 0.15) is 52.9 Å². The fourth-order valence-electron chi connectivity index (χ4n) is 4.00. The number of carbonyl (C=O) groups excluding carboxylic acids is 2. The summed E-state index contributed by atoms with van der Waals surface area (Å²) in [6, 6.07) is -0.508. The van der Waals surface area contributed by atoms with Crippen molar-refractivity contribution in [2.75, 3.05) is 13.1 Å². The Kier molecular flexibility index (Phi) is 5.32. The zero-order chi connectivity index (χ0) is 17.2. The molecule has 2 aliphatic rings. The molecule has 1 saturated heterocycles. The van der Waals surface area contributed by atoms with E-state index in [-0.39, 0.29) is 30.2 Å². The molecule has 1 aliphatic heterocycles. The van der Waals surface area contributed by atoms with Crippen LogP contribution in [-0.2, 0) is 14.4 Å². The van der Waals surface area contributed by atoms with E-state index in [1.165, 1.54) is 6.92 Å². The molecule has 2 unspecified atom stereocenters. The van der Waals surface area contributed by atoms with Crippen molar-refractivity contribution in [1.29, 1.82) is 0 Å². The Hall–Kier alpha value is -1.59. The van der Waals surface area contributed by atoms with Gasteiger partial charge in [0.2, 0.25) is 11.8 Å². The second-order valence-corrected chi connectivity index (χ2v) is 7.35. The molecule has 0 radical (unpaired) electrons. The molecule has 1 aliphatic carbocycles. The minimum absolute atomic E-state index is 0.0384. The number of hydrogen-bond donors (Lipinski definition) is 2. The Labute approximate surface area is 137 Å². The maximum Gasteiger partial charge on any atom is 0.311 e. The number of likely N-dealkylation sites (tertiary alicyclic amines) is 1. The van der Waals surface area contributed by atoms with Crippen molar-refractivity contribution in [3.63, 3.8) is 0 Å². The summed E-state index contributed by atoms with van der Waals surface area (Å²) in [4.78, 5) is 37.8. The van der Waals surface area contributed by atoms with E-state index in [2.05, 4.69) is 5.32 Å². The summed E-state index contributed by atoms with van der Waals surface area (Å²) in [5, 5.41) is 12.4. The molecule has 0 spiro atoms. The first-order chi connectivity index (χ1) is 10.8. The van der Waals surface area contributed by atoms with Gasteiger partial charge in [-0.25, -0.2) is 0 Å². The largest absolute Gasteiger partial charge is 0.481 e. The van der Waals surface area contributed by atoms with Crippen molar-refractivity contribution in [3.8, 4) is 0 Å². The van der Waals surface area contributed by atoms with Crippen LogP contribution in [0.3, 0.4) is 0 Å². The topological polar surface area (TPSA) is 86.7 Å². The molecule has 23 heavy (non-hydrogen) atoms. The van der Waals surface area contributed by atoms with Gasteiger partial charge in [0.25, 0.3) is 0 Å². The monoisotopic (exact) mass is 324 g/mol. The highest BCUT2D eigenvalue weighted by Crippen LogP contribution is 2.39. The van der Waals surface area contributed by atoms with Gasteiger partial charge < -0.3 is 15.3 Å². The number of amides is 2. The van der Waals surface area contributed by atoms with E-state index >= 15 is 0 Å². The van der Waals surface area contributed by atoms with Crippen LogP contribution in [-0.4, -0.2) is 46.9 Å². The predicted molar refractivity (Wildman–Crippen MR) is 85.7 cm³/mol. The Morgan fingerprint density at radius 2 is 1.83 bits per heavy atom. The molecular weight excluding hydrogens is 296 g/mol. The molecule has 0 aromatic carbocycles. The second kappa shape index (κ2) is 6.89. The number of carboxylic acids is 1. The molecule has 2 fully saturated rings. The molecule has 130 valence electrons. The lowest BCUT2D eigenvalue weighted by atomic mass is 9.76. The quantitative estimate of drug-likeness (QED) is 0.805. The van der Waals surface area contributed by atoms with Gasteiger partial charge in [0, 0.05) is 20.0 Å². The number of nitrogens with one attached hydrogen (secondary N) is 1. The Bertz CT molecular complexity index is 485. The van der Waals surface area contributed by atoms with Gasteiger partial charge in [0.15, 0.2) is 0 Å². The van der Waals surface area contributed by atoms with Gasteiger partial charge in [-0.2, -0.15) is 0 Å². The van der Waals surface area contributed by atoms with E-state index < -0.39 is 17.4 Å². The first-order valence-corrected chi connectivity index (χ1v) is 8.57. The van der Waals surface area contributed by atoms with Crippen LogP contribution in [0.2, 0.25) is 0 Å². The SMILES string of the molecule is CC(=O)NC(C(=O)N1CCC(C(=O)O)(C(C)C)C1)C1CCCC1. The lowest BCUT2D eigenvalue weighted by Crippen LogP contribution is -2.52. The van der Waals surface area contributed by atoms with Crippen LogP contribution in [0.15, 0.2) is 0 Å². The molecule has 2 atom stereocenters. The summed E-state index contributed by atoms with van der Waals surface area (Å²) in [6.45, 7) is 5.90. The average Bonchev–Trinajstić information content (AvgIpc) is 3.13. The third kappa shape index (κ3) is 3.51. The van der Waals surface area contributed by atoms with Crippen LogP contribution in [0.25, 0.3) is 0 Å². The molecule has 2 amide bonds. The first kappa shape index (κ1) is 17.8. The molecule has 0 bridgehead atoms. The third-order valence-corrected chi connectivity index (χ3v) is 5.64. The molecule has 0 aromatic rings. The maximum atomic E-state index is 12.9. The van der Waals surface area contributed by atoms with Crippen molar-refractivity contribution in [2.24, 2.45) is 17.3 Å². The number of rotatable bonds is 5. The molecule has 6 nitrogen and oxygen atoms in total. The number of hydrogen-bond acceptors (Lipinski definition) is 3. The molecule has 2 N–H and O–H groups in total. The second-order valence-electron chi connectivity index (χ2n) is 7.35. The minimum Gasteiger partial charge on any atom is -0.481 e. The number of nitrogens with zero attached hydrogens (tertiary/aromatic N) is 1. The van der Waals surface area contributed by atoms with Crippen molar-refractivity contribution < 1.29 is 19.5 Å². The summed E-state index contributed by atoms with van der Waals surface area (Å²) in [7, 11) is 0. The van der Waals surface area contributed by atoms with Crippen LogP contribution in [0, 0.1) is 17.3 Å². The molecule has 2 rings (SSSR count). The van der Waals surface area contributed by atoms with Gasteiger partial charge in [-0.05, 0) is 31.1 Å². The van der Waals surface area contributed by atoms with E-state index in [1.807, 2.05) is 13.8 Å². The van der Waals surface area contributed by atoms with E-state index in [0.29, 0.717) is 13.0 Å². The molecule has 1 heterocycles. The number of carboxylic acid groups (broad SMARTS) is 1. The highest BCUT2D eigenvalue weighted by molar-refractivity contribution is 5.88. The van der Waals surface area contributed by atoms with E-state index in [1.54, 1.807) is 4.90 Å². The Morgan fingerprint density at radius 1 is 1.22 bits per heavy atom. The molecule has 6 heteroatoms. The Balaban J connectivity index is 2.14. The lowest BCUT2D eigenvalue weighted by molar-refractivity contribution is -0.151. The van der Waals surface area contributed by atoms with E-state index in [4.69, 9.17) is 0 Å². The molecular formula is C17H28N2O4. The zero-order valence-electron chi connectivity index (χ0n) is 14.3. The van der Waals surface area contributed by atoms with Crippen LogP contribution >= 0.6 is 0 Å². The third-order valence-electron chi connectivity index (χ3n) is 5.64. The van der Waals surface area contributed by atoms with Gasteiger partial charge in [0.05, 0.1) is 5.41 Å². The summed E-state index contributed by atoms with van der Waals surface area (Å²) in [5.74, 6) is -1.02. The highest BCUT2D eigenvalue weighted by atomic mass is 16.4.